The van der Waals surface area contributed by atoms with E-state index in [1.165, 1.54) is 6.92 Å². The number of hydrogen-bond acceptors (Lipinski definition) is 2. The number of carbonyl (C=O) groups excluding carboxylic acids is 2. The van der Waals surface area contributed by atoms with E-state index in [0.717, 1.165) is 18.4 Å². The summed E-state index contributed by atoms with van der Waals surface area (Å²) >= 11 is 5.92. The van der Waals surface area contributed by atoms with Crippen LogP contribution < -0.4 is 10.6 Å². The van der Waals surface area contributed by atoms with Gasteiger partial charge in [-0.1, -0.05) is 29.8 Å². The topological polar surface area (TPSA) is 58.2 Å². The molecule has 1 fully saturated rings. The quantitative estimate of drug-likeness (QED) is 0.892. The summed E-state index contributed by atoms with van der Waals surface area (Å²) < 4.78 is 0. The molecule has 0 aliphatic heterocycles. The minimum Gasteiger partial charge on any atom is -0.326 e. The third kappa shape index (κ3) is 3.37. The molecule has 23 heavy (non-hydrogen) atoms. The first-order chi connectivity index (χ1) is 11.0. The second kappa shape index (κ2) is 6.05. The van der Waals surface area contributed by atoms with Crippen molar-refractivity contribution >= 4 is 34.8 Å². The first kappa shape index (κ1) is 15.6. The van der Waals surface area contributed by atoms with Crippen molar-refractivity contribution in [2.24, 2.45) is 0 Å². The molecule has 4 nitrogen and oxygen atoms in total. The summed E-state index contributed by atoms with van der Waals surface area (Å²) in [5, 5.41) is 6.31. The highest BCUT2D eigenvalue weighted by Gasteiger charge is 2.51. The molecule has 0 unspecified atom stereocenters. The van der Waals surface area contributed by atoms with Gasteiger partial charge in [0.2, 0.25) is 11.8 Å². The van der Waals surface area contributed by atoms with Gasteiger partial charge in [-0.15, -0.1) is 0 Å². The molecule has 3 rings (SSSR count). The smallest absolute Gasteiger partial charge is 0.235 e. The predicted molar refractivity (Wildman–Crippen MR) is 91.7 cm³/mol. The largest absolute Gasteiger partial charge is 0.326 e. The van der Waals surface area contributed by atoms with Gasteiger partial charge in [-0.05, 0) is 48.7 Å². The van der Waals surface area contributed by atoms with Gasteiger partial charge in [-0.25, -0.2) is 0 Å². The van der Waals surface area contributed by atoms with Gasteiger partial charge in [0.1, 0.15) is 0 Å². The summed E-state index contributed by atoms with van der Waals surface area (Å²) in [5.74, 6) is -0.173. The van der Waals surface area contributed by atoms with Crippen molar-refractivity contribution in [1.82, 2.24) is 0 Å². The third-order valence-corrected chi connectivity index (χ3v) is 4.27. The van der Waals surface area contributed by atoms with Crippen molar-refractivity contribution in [2.45, 2.75) is 25.2 Å². The van der Waals surface area contributed by atoms with Gasteiger partial charge >= 0.3 is 0 Å². The molecular formula is C18H17ClN2O2. The Morgan fingerprint density at radius 2 is 1.61 bits per heavy atom. The first-order valence-electron chi connectivity index (χ1n) is 7.45. The van der Waals surface area contributed by atoms with Gasteiger partial charge in [-0.3, -0.25) is 9.59 Å². The SMILES string of the molecule is CC(=O)Nc1cccc(NC(=O)C2(c3ccc(Cl)cc3)CC2)c1. The van der Waals surface area contributed by atoms with Crippen LogP contribution in [0, 0.1) is 0 Å². The monoisotopic (exact) mass is 328 g/mol. The fourth-order valence-corrected chi connectivity index (χ4v) is 2.80. The molecule has 2 N–H and O–H groups in total. The van der Waals surface area contributed by atoms with E-state index in [9.17, 15) is 9.59 Å². The van der Waals surface area contributed by atoms with E-state index < -0.39 is 5.41 Å². The van der Waals surface area contributed by atoms with Crippen LogP contribution in [0.15, 0.2) is 48.5 Å². The molecule has 1 aliphatic rings. The zero-order valence-electron chi connectivity index (χ0n) is 12.7. The summed E-state index contributed by atoms with van der Waals surface area (Å²) in [6.45, 7) is 1.45. The zero-order chi connectivity index (χ0) is 16.4. The summed E-state index contributed by atoms with van der Waals surface area (Å²) in [4.78, 5) is 23.8. The van der Waals surface area contributed by atoms with E-state index in [4.69, 9.17) is 11.6 Å². The van der Waals surface area contributed by atoms with Crippen LogP contribution >= 0.6 is 11.6 Å². The molecule has 0 spiro atoms. The van der Waals surface area contributed by atoms with Gasteiger partial charge in [0.25, 0.3) is 0 Å². The molecular weight excluding hydrogens is 312 g/mol. The molecule has 5 heteroatoms. The number of nitrogens with one attached hydrogen (secondary N) is 2. The van der Waals surface area contributed by atoms with Crippen LogP contribution in [0.25, 0.3) is 0 Å². The first-order valence-corrected chi connectivity index (χ1v) is 7.83. The molecule has 0 saturated heterocycles. The molecule has 2 aromatic rings. The Balaban J connectivity index is 1.76. The van der Waals surface area contributed by atoms with E-state index in [1.54, 1.807) is 24.3 Å². The van der Waals surface area contributed by atoms with Crippen molar-refractivity contribution in [1.29, 1.82) is 0 Å². The fourth-order valence-electron chi connectivity index (χ4n) is 2.67. The molecule has 0 heterocycles. The van der Waals surface area contributed by atoms with Gasteiger partial charge in [0.15, 0.2) is 0 Å². The number of hydrogen-bond donors (Lipinski definition) is 2. The maximum Gasteiger partial charge on any atom is 0.235 e. The van der Waals surface area contributed by atoms with Crippen LogP contribution in [0.4, 0.5) is 11.4 Å². The van der Waals surface area contributed by atoms with Crippen LogP contribution in [-0.4, -0.2) is 11.8 Å². The number of benzene rings is 2. The molecule has 1 aliphatic carbocycles. The number of rotatable bonds is 4. The van der Waals surface area contributed by atoms with Crippen molar-refractivity contribution < 1.29 is 9.59 Å². The second-order valence-electron chi connectivity index (χ2n) is 5.81. The molecule has 0 aromatic heterocycles. The van der Waals surface area contributed by atoms with Crippen molar-refractivity contribution in [3.63, 3.8) is 0 Å². The maximum absolute atomic E-state index is 12.7. The van der Waals surface area contributed by atoms with E-state index in [0.29, 0.717) is 16.4 Å². The molecule has 2 amide bonds. The van der Waals surface area contributed by atoms with Crippen molar-refractivity contribution in [3.8, 4) is 0 Å². The lowest BCUT2D eigenvalue weighted by Gasteiger charge is -2.16. The molecule has 1 saturated carbocycles. The Hall–Kier alpha value is -2.33. The highest BCUT2D eigenvalue weighted by Crippen LogP contribution is 2.49. The molecule has 0 atom stereocenters. The zero-order valence-corrected chi connectivity index (χ0v) is 13.5. The number of anilines is 2. The van der Waals surface area contributed by atoms with Gasteiger partial charge in [0, 0.05) is 23.3 Å². The minimum atomic E-state index is -0.464. The predicted octanol–water partition coefficient (Wildman–Crippen LogP) is 3.97. The van der Waals surface area contributed by atoms with E-state index in [-0.39, 0.29) is 11.8 Å². The Morgan fingerprint density at radius 1 is 1.00 bits per heavy atom. The molecule has 0 radical (unpaired) electrons. The average Bonchev–Trinajstić information content (AvgIpc) is 3.29. The van der Waals surface area contributed by atoms with Crippen LogP contribution in [0.1, 0.15) is 25.3 Å². The third-order valence-electron chi connectivity index (χ3n) is 4.02. The highest BCUT2D eigenvalue weighted by molar-refractivity contribution is 6.30. The van der Waals surface area contributed by atoms with E-state index in [2.05, 4.69) is 10.6 Å². The average molecular weight is 329 g/mol. The van der Waals surface area contributed by atoms with Crippen LogP contribution in [0.5, 0.6) is 0 Å². The standard InChI is InChI=1S/C18H17ClN2O2/c1-12(22)20-15-3-2-4-16(11-15)21-17(23)18(9-10-18)13-5-7-14(19)8-6-13/h2-8,11H,9-10H2,1H3,(H,20,22)(H,21,23). The highest BCUT2D eigenvalue weighted by atomic mass is 35.5. The Kier molecular flexibility index (Phi) is 4.09. The Morgan fingerprint density at radius 3 is 2.17 bits per heavy atom. The van der Waals surface area contributed by atoms with E-state index in [1.807, 2.05) is 24.3 Å². The fraction of sp³-hybridized carbons (Fsp3) is 0.222. The Labute approximate surface area is 139 Å². The van der Waals surface area contributed by atoms with Gasteiger partial charge in [-0.2, -0.15) is 0 Å². The molecule has 118 valence electrons. The van der Waals surface area contributed by atoms with Crippen LogP contribution in [0.2, 0.25) is 5.02 Å². The van der Waals surface area contributed by atoms with Gasteiger partial charge in [0.05, 0.1) is 5.41 Å². The molecule has 0 bridgehead atoms. The second-order valence-corrected chi connectivity index (χ2v) is 6.24. The van der Waals surface area contributed by atoms with Crippen molar-refractivity contribution in [2.75, 3.05) is 10.6 Å². The number of halogens is 1. The Bertz CT molecular complexity index is 752. The number of carbonyl (C=O) groups is 2. The maximum atomic E-state index is 12.7. The lowest BCUT2D eigenvalue weighted by atomic mass is 9.95. The summed E-state index contributed by atoms with van der Waals surface area (Å²) in [6, 6.07) is 14.6. The summed E-state index contributed by atoms with van der Waals surface area (Å²) in [7, 11) is 0. The lowest BCUT2D eigenvalue weighted by molar-refractivity contribution is -0.118. The summed E-state index contributed by atoms with van der Waals surface area (Å²) in [6.07, 6.45) is 1.65. The molecule has 2 aromatic carbocycles. The van der Waals surface area contributed by atoms with Crippen LogP contribution in [0.3, 0.4) is 0 Å². The normalized spacial score (nSPS) is 14.9. The number of amides is 2. The lowest BCUT2D eigenvalue weighted by Crippen LogP contribution is -2.27. The van der Waals surface area contributed by atoms with Crippen LogP contribution in [-0.2, 0) is 15.0 Å². The summed E-state index contributed by atoms with van der Waals surface area (Å²) in [5.41, 5.74) is 1.85. The van der Waals surface area contributed by atoms with E-state index >= 15 is 0 Å². The van der Waals surface area contributed by atoms with Crippen molar-refractivity contribution in [3.05, 3.63) is 59.1 Å². The van der Waals surface area contributed by atoms with Gasteiger partial charge < -0.3 is 10.6 Å². The minimum absolute atomic E-state index is 0.0280.